The van der Waals surface area contributed by atoms with Crippen molar-refractivity contribution in [2.24, 2.45) is 0 Å². The number of aryl methyl sites for hydroxylation is 1. The van der Waals surface area contributed by atoms with Crippen molar-refractivity contribution >= 4 is 11.7 Å². The molecule has 1 amide bonds. The molecule has 120 valence electrons. The molecule has 0 aliphatic heterocycles. The SMILES string of the molecule is COc1ccc(C(=O)CC(NC(C)=O)c2ccc(C)cc2)cc1. The van der Waals surface area contributed by atoms with Gasteiger partial charge in [0.15, 0.2) is 5.78 Å². The summed E-state index contributed by atoms with van der Waals surface area (Å²) in [5.74, 6) is 0.531. The second kappa shape index (κ2) is 7.58. The van der Waals surface area contributed by atoms with Gasteiger partial charge in [0.25, 0.3) is 0 Å². The average Bonchev–Trinajstić information content (AvgIpc) is 2.54. The Hall–Kier alpha value is -2.62. The van der Waals surface area contributed by atoms with Crippen molar-refractivity contribution in [3.8, 4) is 5.75 Å². The summed E-state index contributed by atoms with van der Waals surface area (Å²) in [5.41, 5.74) is 2.66. The molecule has 2 rings (SSSR count). The van der Waals surface area contributed by atoms with Gasteiger partial charge >= 0.3 is 0 Å². The molecule has 0 heterocycles. The Balaban J connectivity index is 2.17. The van der Waals surface area contributed by atoms with Crippen LogP contribution in [0.1, 0.15) is 40.9 Å². The number of amides is 1. The van der Waals surface area contributed by atoms with E-state index in [0.29, 0.717) is 11.3 Å². The number of benzene rings is 2. The smallest absolute Gasteiger partial charge is 0.217 e. The zero-order chi connectivity index (χ0) is 16.8. The third-order valence-corrected chi connectivity index (χ3v) is 3.66. The molecule has 0 spiro atoms. The van der Waals surface area contributed by atoms with E-state index in [4.69, 9.17) is 4.74 Å². The minimum absolute atomic E-state index is 0.0213. The van der Waals surface area contributed by atoms with Crippen molar-refractivity contribution in [1.29, 1.82) is 0 Å². The second-order valence-corrected chi connectivity index (χ2v) is 5.52. The van der Waals surface area contributed by atoms with Crippen LogP contribution in [0.15, 0.2) is 48.5 Å². The van der Waals surface area contributed by atoms with Crippen molar-refractivity contribution in [1.82, 2.24) is 5.32 Å². The van der Waals surface area contributed by atoms with Crippen LogP contribution in [0.3, 0.4) is 0 Å². The molecule has 0 fully saturated rings. The van der Waals surface area contributed by atoms with E-state index in [1.807, 2.05) is 31.2 Å². The summed E-state index contributed by atoms with van der Waals surface area (Å²) in [6.45, 7) is 3.46. The summed E-state index contributed by atoms with van der Waals surface area (Å²) in [5, 5.41) is 2.85. The number of nitrogens with one attached hydrogen (secondary N) is 1. The highest BCUT2D eigenvalue weighted by Crippen LogP contribution is 2.21. The molecule has 0 saturated heterocycles. The molecular weight excluding hydrogens is 290 g/mol. The summed E-state index contributed by atoms with van der Waals surface area (Å²) in [4.78, 5) is 23.9. The molecule has 1 N–H and O–H groups in total. The van der Waals surface area contributed by atoms with E-state index in [-0.39, 0.29) is 24.2 Å². The molecule has 0 aliphatic carbocycles. The van der Waals surface area contributed by atoms with Crippen molar-refractivity contribution in [3.63, 3.8) is 0 Å². The van der Waals surface area contributed by atoms with Crippen LogP contribution in [0.25, 0.3) is 0 Å². The van der Waals surface area contributed by atoms with E-state index in [9.17, 15) is 9.59 Å². The highest BCUT2D eigenvalue weighted by Gasteiger charge is 2.18. The molecule has 1 atom stereocenters. The molecule has 2 aromatic rings. The number of rotatable bonds is 6. The lowest BCUT2D eigenvalue weighted by Gasteiger charge is -2.18. The van der Waals surface area contributed by atoms with Crippen LogP contribution in [0.2, 0.25) is 0 Å². The molecule has 4 heteroatoms. The monoisotopic (exact) mass is 311 g/mol. The van der Waals surface area contributed by atoms with Gasteiger partial charge in [0.1, 0.15) is 5.75 Å². The van der Waals surface area contributed by atoms with Gasteiger partial charge < -0.3 is 10.1 Å². The largest absolute Gasteiger partial charge is 0.497 e. The van der Waals surface area contributed by atoms with Crippen LogP contribution >= 0.6 is 0 Å². The Labute approximate surface area is 136 Å². The summed E-state index contributed by atoms with van der Waals surface area (Å²) < 4.78 is 5.09. The van der Waals surface area contributed by atoms with Gasteiger partial charge in [0.05, 0.1) is 13.2 Å². The molecule has 4 nitrogen and oxygen atoms in total. The van der Waals surface area contributed by atoms with Crippen LogP contribution in [0.4, 0.5) is 0 Å². The fourth-order valence-electron chi connectivity index (χ4n) is 2.38. The lowest BCUT2D eigenvalue weighted by Crippen LogP contribution is -2.28. The first-order valence-corrected chi connectivity index (χ1v) is 7.50. The Morgan fingerprint density at radius 1 is 1.04 bits per heavy atom. The number of methoxy groups -OCH3 is 1. The minimum Gasteiger partial charge on any atom is -0.497 e. The van der Waals surface area contributed by atoms with Crippen molar-refractivity contribution in [3.05, 3.63) is 65.2 Å². The normalized spacial score (nSPS) is 11.6. The van der Waals surface area contributed by atoms with Gasteiger partial charge in [0.2, 0.25) is 5.91 Å². The fourth-order valence-corrected chi connectivity index (χ4v) is 2.38. The van der Waals surface area contributed by atoms with Gasteiger partial charge in [-0.2, -0.15) is 0 Å². The van der Waals surface area contributed by atoms with Crippen molar-refractivity contribution < 1.29 is 14.3 Å². The predicted molar refractivity (Wildman–Crippen MR) is 89.7 cm³/mol. The van der Waals surface area contributed by atoms with Crippen LogP contribution < -0.4 is 10.1 Å². The Bertz CT molecular complexity index is 675. The maximum absolute atomic E-state index is 12.5. The molecule has 0 bridgehead atoms. The van der Waals surface area contributed by atoms with E-state index >= 15 is 0 Å². The zero-order valence-electron chi connectivity index (χ0n) is 13.6. The highest BCUT2D eigenvalue weighted by molar-refractivity contribution is 5.96. The minimum atomic E-state index is -0.331. The quantitative estimate of drug-likeness (QED) is 0.831. The van der Waals surface area contributed by atoms with Crippen molar-refractivity contribution in [2.45, 2.75) is 26.3 Å². The lowest BCUT2D eigenvalue weighted by molar-refractivity contribution is -0.119. The third kappa shape index (κ3) is 4.68. The molecule has 1 unspecified atom stereocenters. The van der Waals surface area contributed by atoms with E-state index in [2.05, 4.69) is 5.32 Å². The zero-order valence-corrected chi connectivity index (χ0v) is 13.6. The maximum Gasteiger partial charge on any atom is 0.217 e. The Kier molecular flexibility index (Phi) is 5.52. The highest BCUT2D eigenvalue weighted by atomic mass is 16.5. The first kappa shape index (κ1) is 16.7. The molecule has 0 saturated carbocycles. The van der Waals surface area contributed by atoms with Gasteiger partial charge in [-0.05, 0) is 36.8 Å². The van der Waals surface area contributed by atoms with Crippen molar-refractivity contribution in [2.75, 3.05) is 7.11 Å². The van der Waals surface area contributed by atoms with Gasteiger partial charge in [-0.25, -0.2) is 0 Å². The molecule has 23 heavy (non-hydrogen) atoms. The molecule has 0 aromatic heterocycles. The van der Waals surface area contributed by atoms with Crippen LogP contribution in [0, 0.1) is 6.92 Å². The average molecular weight is 311 g/mol. The van der Waals surface area contributed by atoms with E-state index < -0.39 is 0 Å². The number of hydrogen-bond donors (Lipinski definition) is 1. The number of carbonyl (C=O) groups excluding carboxylic acids is 2. The number of carbonyl (C=O) groups is 2. The lowest BCUT2D eigenvalue weighted by atomic mass is 9.97. The topological polar surface area (TPSA) is 55.4 Å². The summed E-state index contributed by atoms with van der Waals surface area (Å²) in [6, 6.07) is 14.5. The van der Waals surface area contributed by atoms with Crippen LogP contribution in [0.5, 0.6) is 5.75 Å². The first-order valence-electron chi connectivity index (χ1n) is 7.50. The predicted octanol–water partition coefficient (Wildman–Crippen LogP) is 3.45. The van der Waals surface area contributed by atoms with E-state index in [0.717, 1.165) is 11.1 Å². The van der Waals surface area contributed by atoms with Crippen LogP contribution in [-0.2, 0) is 4.79 Å². The van der Waals surface area contributed by atoms with Gasteiger partial charge in [-0.1, -0.05) is 29.8 Å². The summed E-state index contributed by atoms with van der Waals surface area (Å²) >= 11 is 0. The van der Waals surface area contributed by atoms with E-state index in [1.165, 1.54) is 6.92 Å². The molecular formula is C19H21NO3. The van der Waals surface area contributed by atoms with Gasteiger partial charge in [0, 0.05) is 18.9 Å². The number of ether oxygens (including phenoxy) is 1. The standard InChI is InChI=1S/C19H21NO3/c1-13-4-6-15(7-5-13)18(20-14(2)21)12-19(22)16-8-10-17(23-3)11-9-16/h4-11,18H,12H2,1-3H3,(H,20,21). The fraction of sp³-hybridized carbons (Fsp3) is 0.263. The molecule has 0 aliphatic rings. The Morgan fingerprint density at radius 2 is 1.65 bits per heavy atom. The third-order valence-electron chi connectivity index (χ3n) is 3.66. The van der Waals surface area contributed by atoms with Crippen LogP contribution in [-0.4, -0.2) is 18.8 Å². The van der Waals surface area contributed by atoms with Gasteiger partial charge in [-0.15, -0.1) is 0 Å². The molecule has 2 aromatic carbocycles. The van der Waals surface area contributed by atoms with E-state index in [1.54, 1.807) is 31.4 Å². The Morgan fingerprint density at radius 3 is 2.17 bits per heavy atom. The summed E-state index contributed by atoms with van der Waals surface area (Å²) in [7, 11) is 1.58. The second-order valence-electron chi connectivity index (χ2n) is 5.52. The summed E-state index contributed by atoms with van der Waals surface area (Å²) in [6.07, 6.45) is 0.217. The maximum atomic E-state index is 12.5. The number of Topliss-reactive ketones (excluding diaryl/α,β-unsaturated/α-hetero) is 1. The van der Waals surface area contributed by atoms with Gasteiger partial charge in [-0.3, -0.25) is 9.59 Å². The number of hydrogen-bond acceptors (Lipinski definition) is 3. The molecule has 0 radical (unpaired) electrons. The number of ketones is 1. The first-order chi connectivity index (χ1) is 11.0.